The van der Waals surface area contributed by atoms with Gasteiger partial charge in [-0.25, -0.2) is 0 Å². The molecule has 0 spiro atoms. The Hall–Kier alpha value is -0.940. The summed E-state index contributed by atoms with van der Waals surface area (Å²) in [6, 6.07) is 0. The summed E-state index contributed by atoms with van der Waals surface area (Å²) in [4.78, 5) is 4.63. The van der Waals surface area contributed by atoms with Crippen LogP contribution in [0, 0.1) is 0 Å². The molecule has 0 saturated carbocycles. The zero-order valence-corrected chi connectivity index (χ0v) is 12.5. The van der Waals surface area contributed by atoms with E-state index >= 15 is 0 Å². The largest absolute Gasteiger partial charge is 0.368 e. The summed E-state index contributed by atoms with van der Waals surface area (Å²) in [7, 11) is 0. The maximum atomic E-state index is 5.68. The molecule has 0 radical (unpaired) electrons. The van der Waals surface area contributed by atoms with Crippen molar-refractivity contribution < 1.29 is 9.26 Å². The molecule has 0 aromatic carbocycles. The Kier molecular flexibility index (Phi) is 4.26. The number of nitrogens with one attached hydrogen (secondary N) is 1. The van der Waals surface area contributed by atoms with E-state index in [4.69, 9.17) is 9.26 Å². The second kappa shape index (κ2) is 5.59. The number of rotatable bonds is 6. The number of ether oxygens (including phenoxy) is 1. The minimum atomic E-state index is -0.490. The molecule has 108 valence electrons. The van der Waals surface area contributed by atoms with Gasteiger partial charge in [0, 0.05) is 13.2 Å². The van der Waals surface area contributed by atoms with Crippen molar-refractivity contribution in [2.75, 3.05) is 19.7 Å². The fourth-order valence-corrected chi connectivity index (χ4v) is 2.83. The number of hydrogen-bond donors (Lipinski definition) is 1. The monoisotopic (exact) mass is 267 g/mol. The first-order valence-electron chi connectivity index (χ1n) is 7.23. The van der Waals surface area contributed by atoms with Crippen LogP contribution in [0.5, 0.6) is 0 Å². The van der Waals surface area contributed by atoms with Crippen LogP contribution in [-0.4, -0.2) is 29.8 Å². The van der Waals surface area contributed by atoms with E-state index < -0.39 is 5.60 Å². The highest BCUT2D eigenvalue weighted by Crippen LogP contribution is 2.35. The zero-order chi connectivity index (χ0) is 13.9. The van der Waals surface area contributed by atoms with Crippen molar-refractivity contribution in [1.82, 2.24) is 15.5 Å². The van der Waals surface area contributed by atoms with Crippen LogP contribution >= 0.6 is 0 Å². The molecule has 1 aliphatic heterocycles. The van der Waals surface area contributed by atoms with E-state index in [0.717, 1.165) is 38.2 Å². The minimum Gasteiger partial charge on any atom is -0.368 e. The van der Waals surface area contributed by atoms with E-state index in [1.807, 2.05) is 20.8 Å². The van der Waals surface area contributed by atoms with Gasteiger partial charge in [-0.3, -0.25) is 0 Å². The van der Waals surface area contributed by atoms with Gasteiger partial charge in [-0.2, -0.15) is 4.98 Å². The molecule has 1 aliphatic rings. The van der Waals surface area contributed by atoms with Crippen molar-refractivity contribution in [2.45, 2.75) is 58.0 Å². The van der Waals surface area contributed by atoms with Gasteiger partial charge in [0.05, 0.1) is 5.41 Å². The summed E-state index contributed by atoms with van der Waals surface area (Å²) in [6.07, 6.45) is 3.27. The highest BCUT2D eigenvalue weighted by molar-refractivity contribution is 5.11. The van der Waals surface area contributed by atoms with Crippen LogP contribution in [0.25, 0.3) is 0 Å². The number of hydrogen-bond acceptors (Lipinski definition) is 5. The SMILES string of the molecule is CCCC1(c2nc(C(C)(C)OCC)no2)CCNC1. The Morgan fingerprint density at radius 2 is 2.21 bits per heavy atom. The summed E-state index contributed by atoms with van der Waals surface area (Å²) >= 11 is 0. The molecule has 1 unspecified atom stereocenters. The highest BCUT2D eigenvalue weighted by atomic mass is 16.5. The van der Waals surface area contributed by atoms with E-state index in [-0.39, 0.29) is 5.41 Å². The topological polar surface area (TPSA) is 60.2 Å². The fraction of sp³-hybridized carbons (Fsp3) is 0.857. The molecule has 0 amide bonds. The first-order chi connectivity index (χ1) is 9.04. The number of aromatic nitrogens is 2. The molecule has 1 aromatic rings. The van der Waals surface area contributed by atoms with Crippen LogP contribution in [0.15, 0.2) is 4.52 Å². The van der Waals surface area contributed by atoms with E-state index in [0.29, 0.717) is 12.4 Å². The van der Waals surface area contributed by atoms with Crippen molar-refractivity contribution >= 4 is 0 Å². The maximum Gasteiger partial charge on any atom is 0.234 e. The Labute approximate surface area is 115 Å². The molecule has 1 N–H and O–H groups in total. The molecule has 0 bridgehead atoms. The van der Waals surface area contributed by atoms with Crippen LogP contribution in [0.2, 0.25) is 0 Å². The normalized spacial score (nSPS) is 24.0. The summed E-state index contributed by atoms with van der Waals surface area (Å²) < 4.78 is 11.2. The van der Waals surface area contributed by atoms with Gasteiger partial charge in [0.2, 0.25) is 11.7 Å². The van der Waals surface area contributed by atoms with Gasteiger partial charge in [-0.1, -0.05) is 18.5 Å². The molecule has 5 nitrogen and oxygen atoms in total. The molecule has 2 heterocycles. The molecule has 1 fully saturated rings. The fourth-order valence-electron chi connectivity index (χ4n) is 2.83. The summed E-state index contributed by atoms with van der Waals surface area (Å²) in [6.45, 7) is 10.7. The predicted octanol–water partition coefficient (Wildman–Crippen LogP) is 2.37. The van der Waals surface area contributed by atoms with Crippen molar-refractivity contribution in [3.8, 4) is 0 Å². The Bertz CT molecular complexity index is 409. The lowest BCUT2D eigenvalue weighted by molar-refractivity contribution is -0.0221. The van der Waals surface area contributed by atoms with Gasteiger partial charge in [0.25, 0.3) is 0 Å². The van der Waals surface area contributed by atoms with Gasteiger partial charge < -0.3 is 14.6 Å². The minimum absolute atomic E-state index is 0.0162. The number of nitrogens with zero attached hydrogens (tertiary/aromatic N) is 2. The average molecular weight is 267 g/mol. The van der Waals surface area contributed by atoms with Gasteiger partial charge in [0.1, 0.15) is 5.60 Å². The Morgan fingerprint density at radius 3 is 2.79 bits per heavy atom. The van der Waals surface area contributed by atoms with Crippen LogP contribution in [0.1, 0.15) is 58.7 Å². The van der Waals surface area contributed by atoms with Gasteiger partial charge in [-0.15, -0.1) is 0 Å². The lowest BCUT2D eigenvalue weighted by Gasteiger charge is -2.23. The predicted molar refractivity (Wildman–Crippen MR) is 73.0 cm³/mol. The summed E-state index contributed by atoms with van der Waals surface area (Å²) in [5.74, 6) is 1.41. The molecular weight excluding hydrogens is 242 g/mol. The lowest BCUT2D eigenvalue weighted by atomic mass is 9.82. The first-order valence-corrected chi connectivity index (χ1v) is 7.23. The van der Waals surface area contributed by atoms with Crippen molar-refractivity contribution in [2.24, 2.45) is 0 Å². The third-order valence-corrected chi connectivity index (χ3v) is 3.90. The van der Waals surface area contributed by atoms with Crippen LogP contribution in [0.3, 0.4) is 0 Å². The van der Waals surface area contributed by atoms with E-state index in [1.165, 1.54) is 0 Å². The molecule has 1 aromatic heterocycles. The molecule has 19 heavy (non-hydrogen) atoms. The average Bonchev–Trinajstić information content (AvgIpc) is 2.97. The molecular formula is C14H25N3O2. The second-order valence-corrected chi connectivity index (χ2v) is 5.82. The quantitative estimate of drug-likeness (QED) is 0.857. The highest BCUT2D eigenvalue weighted by Gasteiger charge is 2.41. The van der Waals surface area contributed by atoms with Gasteiger partial charge >= 0.3 is 0 Å². The lowest BCUT2D eigenvalue weighted by Crippen LogP contribution is -2.30. The van der Waals surface area contributed by atoms with Crippen LogP contribution in [-0.2, 0) is 15.8 Å². The Balaban J connectivity index is 2.24. The summed E-state index contributed by atoms with van der Waals surface area (Å²) in [5.41, 5.74) is -0.474. The van der Waals surface area contributed by atoms with E-state index in [9.17, 15) is 0 Å². The smallest absolute Gasteiger partial charge is 0.234 e. The van der Waals surface area contributed by atoms with Gasteiger partial charge in [0.15, 0.2) is 0 Å². The van der Waals surface area contributed by atoms with E-state index in [1.54, 1.807) is 0 Å². The molecule has 1 atom stereocenters. The van der Waals surface area contributed by atoms with Crippen molar-refractivity contribution in [1.29, 1.82) is 0 Å². The molecule has 1 saturated heterocycles. The molecule has 2 rings (SSSR count). The first kappa shape index (κ1) is 14.5. The van der Waals surface area contributed by atoms with E-state index in [2.05, 4.69) is 22.4 Å². The van der Waals surface area contributed by atoms with Crippen LogP contribution in [0.4, 0.5) is 0 Å². The Morgan fingerprint density at radius 1 is 1.42 bits per heavy atom. The second-order valence-electron chi connectivity index (χ2n) is 5.82. The van der Waals surface area contributed by atoms with Crippen LogP contribution < -0.4 is 5.32 Å². The third kappa shape index (κ3) is 2.82. The molecule has 5 heteroatoms. The van der Waals surface area contributed by atoms with Gasteiger partial charge in [-0.05, 0) is 40.2 Å². The molecule has 0 aliphatic carbocycles. The maximum absolute atomic E-state index is 5.68. The van der Waals surface area contributed by atoms with Crippen molar-refractivity contribution in [3.05, 3.63) is 11.7 Å². The third-order valence-electron chi connectivity index (χ3n) is 3.90. The van der Waals surface area contributed by atoms with Crippen molar-refractivity contribution in [3.63, 3.8) is 0 Å². The summed E-state index contributed by atoms with van der Waals surface area (Å²) in [5, 5.41) is 7.55. The standard InChI is InChI=1S/C14H25N3O2/c1-5-7-14(8-9-15-10-14)12-16-11(17-19-12)13(3,4)18-6-2/h15H,5-10H2,1-4H3. The zero-order valence-electron chi connectivity index (χ0n) is 12.5.